The molecule has 1 fully saturated rings. The van der Waals surface area contributed by atoms with E-state index >= 15 is 0 Å². The van der Waals surface area contributed by atoms with E-state index in [4.69, 9.17) is 0 Å². The van der Waals surface area contributed by atoms with E-state index in [1.54, 1.807) is 11.8 Å². The molecule has 1 saturated heterocycles. The monoisotopic (exact) mass is 331 g/mol. The third kappa shape index (κ3) is 4.49. The second kappa shape index (κ2) is 6.72. The van der Waals surface area contributed by atoms with E-state index in [1.807, 2.05) is 24.3 Å². The summed E-state index contributed by atoms with van der Waals surface area (Å²) in [4.78, 5) is 25.3. The minimum Gasteiger partial charge on any atom is -0.310 e. The van der Waals surface area contributed by atoms with E-state index in [0.717, 1.165) is 11.3 Å². The first kappa shape index (κ1) is 16.9. The average molecular weight is 332 g/mol. The molecule has 1 aliphatic rings. The summed E-state index contributed by atoms with van der Waals surface area (Å²) in [6.45, 7) is 8.72. The molecule has 3 nitrogen and oxygen atoms in total. The Hall–Kier alpha value is -1.51. The summed E-state index contributed by atoms with van der Waals surface area (Å²) in [5.41, 5.74) is 5.11. The van der Waals surface area contributed by atoms with Crippen LogP contribution in [0.5, 0.6) is 0 Å². The van der Waals surface area contributed by atoms with Crippen molar-refractivity contribution in [2.45, 2.75) is 38.2 Å². The van der Waals surface area contributed by atoms with Crippen LogP contribution in [0.4, 0.5) is 5.69 Å². The van der Waals surface area contributed by atoms with Gasteiger partial charge < -0.3 is 4.90 Å². The number of benzene rings is 1. The van der Waals surface area contributed by atoms with Crippen molar-refractivity contribution in [3.8, 4) is 11.5 Å². The van der Waals surface area contributed by atoms with Gasteiger partial charge in [-0.3, -0.25) is 9.59 Å². The van der Waals surface area contributed by atoms with Gasteiger partial charge in [0.25, 0.3) is 0 Å². The van der Waals surface area contributed by atoms with E-state index in [0.29, 0.717) is 13.0 Å². The van der Waals surface area contributed by atoms with Gasteiger partial charge in [-0.15, -0.1) is 5.54 Å². The van der Waals surface area contributed by atoms with Crippen molar-refractivity contribution in [2.24, 2.45) is 0 Å². The van der Waals surface area contributed by atoms with Gasteiger partial charge in [-0.25, -0.2) is 0 Å². The van der Waals surface area contributed by atoms with Crippen LogP contribution < -0.4 is 4.90 Å². The maximum atomic E-state index is 12.3. The van der Waals surface area contributed by atoms with Crippen molar-refractivity contribution < 1.29 is 9.59 Å². The SMILES string of the molecule is CC(=O)SC1CC(=O)N(c2ccccc2C#C[Si](C)(C)C)C1. The number of anilines is 1. The summed E-state index contributed by atoms with van der Waals surface area (Å²) in [6.07, 6.45) is 0.417. The lowest BCUT2D eigenvalue weighted by Crippen LogP contribution is -2.26. The lowest BCUT2D eigenvalue weighted by atomic mass is 10.1. The number of para-hydroxylation sites is 1. The molecule has 0 aromatic heterocycles. The number of nitrogens with zero attached hydrogens (tertiary/aromatic N) is 1. The Labute approximate surface area is 137 Å². The minimum absolute atomic E-state index is 0.0445. The van der Waals surface area contributed by atoms with E-state index in [1.165, 1.54) is 11.8 Å². The van der Waals surface area contributed by atoms with Gasteiger partial charge in [0.1, 0.15) is 8.07 Å². The Bertz CT molecular complexity index is 655. The molecule has 1 heterocycles. The first-order valence-electron chi connectivity index (χ1n) is 7.36. The summed E-state index contributed by atoms with van der Waals surface area (Å²) in [5, 5.41) is 0.106. The van der Waals surface area contributed by atoms with Gasteiger partial charge >= 0.3 is 0 Å². The molecule has 5 heteroatoms. The van der Waals surface area contributed by atoms with E-state index in [-0.39, 0.29) is 16.3 Å². The predicted molar refractivity (Wildman–Crippen MR) is 95.7 cm³/mol. The van der Waals surface area contributed by atoms with Gasteiger partial charge in [0.2, 0.25) is 5.91 Å². The molecule has 1 aliphatic heterocycles. The molecule has 0 saturated carbocycles. The lowest BCUT2D eigenvalue weighted by molar-refractivity contribution is -0.117. The smallest absolute Gasteiger partial charge is 0.228 e. The molecule has 116 valence electrons. The number of rotatable bonds is 2. The first-order valence-corrected chi connectivity index (χ1v) is 11.7. The number of hydrogen-bond donors (Lipinski definition) is 0. The van der Waals surface area contributed by atoms with Crippen LogP contribution in [-0.2, 0) is 9.59 Å². The van der Waals surface area contributed by atoms with Crippen LogP contribution in [0.25, 0.3) is 0 Å². The predicted octanol–water partition coefficient (Wildman–Crippen LogP) is 3.30. The molecule has 0 aliphatic carbocycles. The van der Waals surface area contributed by atoms with Crippen LogP contribution in [0.3, 0.4) is 0 Å². The normalized spacial score (nSPS) is 18.1. The molecule has 0 bridgehead atoms. The number of carbonyl (C=O) groups is 2. The third-order valence-corrected chi connectivity index (χ3v) is 5.05. The zero-order chi connectivity index (χ0) is 16.3. The third-order valence-electron chi connectivity index (χ3n) is 3.19. The molecule has 1 aromatic rings. The van der Waals surface area contributed by atoms with Gasteiger partial charge in [-0.1, -0.05) is 49.5 Å². The van der Waals surface area contributed by atoms with Gasteiger partial charge in [-0.05, 0) is 12.1 Å². The Morgan fingerprint density at radius 3 is 2.64 bits per heavy atom. The summed E-state index contributed by atoms with van der Waals surface area (Å²) >= 11 is 1.26. The molecule has 0 radical (unpaired) electrons. The quantitative estimate of drug-likeness (QED) is 0.616. The van der Waals surface area contributed by atoms with Crippen molar-refractivity contribution >= 4 is 36.5 Å². The van der Waals surface area contributed by atoms with E-state index in [2.05, 4.69) is 31.1 Å². The van der Waals surface area contributed by atoms with Crippen LogP contribution in [0, 0.1) is 11.5 Å². The zero-order valence-corrected chi connectivity index (χ0v) is 15.3. The maximum Gasteiger partial charge on any atom is 0.228 e. The molecule has 1 unspecified atom stereocenters. The topological polar surface area (TPSA) is 37.4 Å². The summed E-state index contributed by atoms with van der Waals surface area (Å²) in [5.74, 6) is 3.32. The number of thioether (sulfide) groups is 1. The largest absolute Gasteiger partial charge is 0.310 e. The Balaban J connectivity index is 2.27. The van der Waals surface area contributed by atoms with Crippen LogP contribution in [0.1, 0.15) is 18.9 Å². The van der Waals surface area contributed by atoms with Gasteiger partial charge in [0.05, 0.1) is 5.69 Å². The van der Waals surface area contributed by atoms with E-state index in [9.17, 15) is 9.59 Å². The second-order valence-electron chi connectivity index (χ2n) is 6.46. The van der Waals surface area contributed by atoms with Crippen LogP contribution in [0.15, 0.2) is 24.3 Å². The molecule has 2 rings (SSSR count). The molecular formula is C17H21NO2SSi. The fraction of sp³-hybridized carbons (Fsp3) is 0.412. The highest BCUT2D eigenvalue weighted by atomic mass is 32.2. The van der Waals surface area contributed by atoms with Crippen molar-refractivity contribution in [1.29, 1.82) is 0 Å². The summed E-state index contributed by atoms with van der Waals surface area (Å²) in [6, 6.07) is 7.77. The molecule has 22 heavy (non-hydrogen) atoms. The van der Waals surface area contributed by atoms with Crippen LogP contribution >= 0.6 is 11.8 Å². The van der Waals surface area contributed by atoms with Gasteiger partial charge in [0, 0.05) is 30.7 Å². The Kier molecular flexibility index (Phi) is 5.15. The molecule has 1 aromatic carbocycles. The lowest BCUT2D eigenvalue weighted by Gasteiger charge is -2.18. The molecular weight excluding hydrogens is 310 g/mol. The van der Waals surface area contributed by atoms with E-state index < -0.39 is 8.07 Å². The minimum atomic E-state index is -1.47. The van der Waals surface area contributed by atoms with Crippen molar-refractivity contribution in [3.05, 3.63) is 29.8 Å². The number of carbonyl (C=O) groups excluding carboxylic acids is 2. The average Bonchev–Trinajstić information content (AvgIpc) is 2.75. The first-order chi connectivity index (χ1) is 10.3. The van der Waals surface area contributed by atoms with Crippen molar-refractivity contribution in [3.63, 3.8) is 0 Å². The fourth-order valence-corrected chi connectivity index (χ4v) is 3.72. The van der Waals surface area contributed by atoms with Crippen molar-refractivity contribution in [1.82, 2.24) is 0 Å². The number of amides is 1. The van der Waals surface area contributed by atoms with Crippen LogP contribution in [0.2, 0.25) is 19.6 Å². The highest BCUT2D eigenvalue weighted by Crippen LogP contribution is 2.30. The highest BCUT2D eigenvalue weighted by molar-refractivity contribution is 8.14. The van der Waals surface area contributed by atoms with Gasteiger partial charge in [0.15, 0.2) is 5.12 Å². The molecule has 0 spiro atoms. The second-order valence-corrected chi connectivity index (χ2v) is 12.7. The summed E-state index contributed by atoms with van der Waals surface area (Å²) in [7, 11) is -1.47. The standard InChI is InChI=1S/C17H21NO2SSi/c1-13(19)21-15-11-17(20)18(12-15)16-8-6-5-7-14(16)9-10-22(2,3)4/h5-8,15H,11-12H2,1-4H3. The highest BCUT2D eigenvalue weighted by Gasteiger charge is 2.32. The molecule has 1 amide bonds. The van der Waals surface area contributed by atoms with Crippen molar-refractivity contribution in [2.75, 3.05) is 11.4 Å². The Morgan fingerprint density at radius 1 is 1.32 bits per heavy atom. The fourth-order valence-electron chi connectivity index (χ4n) is 2.29. The molecule has 1 atom stereocenters. The molecule has 0 N–H and O–H groups in total. The Morgan fingerprint density at radius 2 is 2.00 bits per heavy atom. The maximum absolute atomic E-state index is 12.3. The summed E-state index contributed by atoms with van der Waals surface area (Å²) < 4.78 is 0. The van der Waals surface area contributed by atoms with Crippen LogP contribution in [-0.4, -0.2) is 30.9 Å². The van der Waals surface area contributed by atoms with Gasteiger partial charge in [-0.2, -0.15) is 0 Å². The number of hydrogen-bond acceptors (Lipinski definition) is 3. The zero-order valence-electron chi connectivity index (χ0n) is 13.5.